The van der Waals surface area contributed by atoms with Crippen LogP contribution in [-0.4, -0.2) is 21.9 Å². The van der Waals surface area contributed by atoms with Crippen LogP contribution >= 0.6 is 11.3 Å². The van der Waals surface area contributed by atoms with Gasteiger partial charge in [0.05, 0.1) is 32.1 Å². The van der Waals surface area contributed by atoms with E-state index in [9.17, 15) is 0 Å². The van der Waals surface area contributed by atoms with Gasteiger partial charge < -0.3 is 4.74 Å². The van der Waals surface area contributed by atoms with Gasteiger partial charge in [-0.05, 0) is 23.7 Å². The minimum absolute atomic E-state index is 0.350. The van der Waals surface area contributed by atoms with Gasteiger partial charge in [-0.15, -0.1) is 11.3 Å². The number of fused-ring (bicyclic) bond motifs is 1. The van der Waals surface area contributed by atoms with Crippen LogP contribution in [0, 0.1) is 0 Å². The molecule has 5 heteroatoms. The number of aromatic nitrogens is 3. The molecule has 3 heterocycles. The van der Waals surface area contributed by atoms with Crippen molar-refractivity contribution in [2.75, 3.05) is 7.11 Å². The Morgan fingerprint density at radius 2 is 2.09 bits per heavy atom. The van der Waals surface area contributed by atoms with Crippen molar-refractivity contribution in [3.63, 3.8) is 0 Å². The third-order valence-electron chi connectivity index (χ3n) is 3.67. The van der Waals surface area contributed by atoms with E-state index in [0.29, 0.717) is 18.5 Å². The number of benzene rings is 1. The summed E-state index contributed by atoms with van der Waals surface area (Å²) < 4.78 is 15.2. The zero-order valence-corrected chi connectivity index (χ0v) is 13.4. The van der Waals surface area contributed by atoms with E-state index in [0.717, 1.165) is 10.9 Å². The quantitative estimate of drug-likeness (QED) is 0.565. The van der Waals surface area contributed by atoms with Crippen molar-refractivity contribution >= 4 is 22.2 Å². The molecule has 0 amide bonds. The van der Waals surface area contributed by atoms with Gasteiger partial charge in [0.15, 0.2) is 0 Å². The molecule has 0 aliphatic rings. The first-order valence-electron chi connectivity index (χ1n) is 7.75. The van der Waals surface area contributed by atoms with Gasteiger partial charge in [0.1, 0.15) is 0 Å². The van der Waals surface area contributed by atoms with E-state index < -0.39 is 0 Å². The fraction of sp³-hybridized carbons (Fsp3) is 0.111. The maximum absolute atomic E-state index is 8.12. The molecular weight excluding hydrogens is 306 g/mol. The molecule has 0 atom stereocenters. The average molecular weight is 322 g/mol. The maximum atomic E-state index is 8.12. The highest BCUT2D eigenvalue weighted by Crippen LogP contribution is 2.29. The summed E-state index contributed by atoms with van der Waals surface area (Å²) in [4.78, 5) is 6.55. The van der Waals surface area contributed by atoms with Crippen molar-refractivity contribution in [3.05, 3.63) is 65.8 Å². The molecule has 0 bridgehead atoms. The smallest absolute Gasteiger partial charge is 0.224 e. The summed E-state index contributed by atoms with van der Waals surface area (Å²) in [5.41, 5.74) is 1.96. The van der Waals surface area contributed by atoms with Crippen LogP contribution in [0.15, 0.2) is 60.9 Å². The van der Waals surface area contributed by atoms with Crippen LogP contribution in [0.2, 0.25) is 0 Å². The number of methoxy groups -OCH3 is 1. The van der Waals surface area contributed by atoms with E-state index in [2.05, 4.69) is 34.3 Å². The molecule has 4 rings (SSSR count). The molecule has 0 radical (unpaired) electrons. The molecule has 0 aliphatic heterocycles. The average Bonchev–Trinajstić information content (AvgIpc) is 3.25. The van der Waals surface area contributed by atoms with Crippen molar-refractivity contribution in [2.24, 2.45) is 0 Å². The Kier molecular flexibility index (Phi) is 3.27. The lowest BCUT2D eigenvalue weighted by molar-refractivity contribution is 0.403. The molecule has 0 saturated carbocycles. The predicted octanol–water partition coefficient (Wildman–Crippen LogP) is 4.22. The predicted molar refractivity (Wildman–Crippen MR) is 92.9 cm³/mol. The van der Waals surface area contributed by atoms with Crippen LogP contribution in [0.1, 0.15) is 6.25 Å². The molecule has 0 fully saturated rings. The normalized spacial score (nSPS) is 11.6. The molecule has 1 aromatic carbocycles. The fourth-order valence-corrected chi connectivity index (χ4v) is 3.56. The maximum Gasteiger partial charge on any atom is 0.224 e. The van der Waals surface area contributed by atoms with E-state index in [1.165, 1.54) is 21.5 Å². The highest BCUT2D eigenvalue weighted by molar-refractivity contribution is 7.15. The summed E-state index contributed by atoms with van der Waals surface area (Å²) in [6, 6.07) is 14.9. The summed E-state index contributed by atoms with van der Waals surface area (Å²) in [5, 5.41) is 5.19. The number of hydrogen-bond acceptors (Lipinski definition) is 4. The third-order valence-corrected chi connectivity index (χ3v) is 4.79. The van der Waals surface area contributed by atoms with Gasteiger partial charge in [0.25, 0.3) is 0 Å². The minimum Gasteiger partial charge on any atom is -0.480 e. The largest absolute Gasteiger partial charge is 0.480 e. The molecule has 4 nitrogen and oxygen atoms in total. The van der Waals surface area contributed by atoms with Crippen molar-refractivity contribution < 1.29 is 6.11 Å². The second-order valence-electron chi connectivity index (χ2n) is 5.11. The number of pyridine rings is 1. The minimum atomic E-state index is 0.350. The first-order valence-corrected chi connectivity index (χ1v) is 8.07. The molecule has 0 unspecified atom stereocenters. The summed E-state index contributed by atoms with van der Waals surface area (Å²) in [5.74, 6) is 0.503. The van der Waals surface area contributed by atoms with Gasteiger partial charge in [-0.25, -0.2) is 4.98 Å². The lowest BCUT2D eigenvalue weighted by Gasteiger charge is -2.03. The molecule has 0 aliphatic carbocycles. The molecule has 3 aromatic heterocycles. The van der Waals surface area contributed by atoms with E-state index in [1.54, 1.807) is 24.6 Å². The van der Waals surface area contributed by atoms with Crippen LogP contribution in [-0.2, 0) is 6.54 Å². The third kappa shape index (κ3) is 2.59. The Labute approximate surface area is 139 Å². The molecule has 4 aromatic rings. The highest BCUT2D eigenvalue weighted by Gasteiger charge is 2.10. The monoisotopic (exact) mass is 322 g/mol. The summed E-state index contributed by atoms with van der Waals surface area (Å²) >= 11 is 1.74. The number of hydrogen-bond donors (Lipinski definition) is 0. The van der Waals surface area contributed by atoms with Crippen molar-refractivity contribution in [2.45, 2.75) is 6.54 Å². The highest BCUT2D eigenvalue weighted by atomic mass is 32.1. The Morgan fingerprint density at radius 3 is 2.91 bits per heavy atom. The standard InChI is InChI=1S/C18H15N3OS/c1-22-18-15-11-20-21(16(15)9-10-19-18)12-14-7-8-17(23-14)13-5-3-2-4-6-13/h2-11H,12H2,1H3/i9D. The van der Waals surface area contributed by atoms with Crippen LogP contribution in [0.3, 0.4) is 0 Å². The Balaban J connectivity index is 1.69. The van der Waals surface area contributed by atoms with Gasteiger partial charge in [-0.2, -0.15) is 5.10 Å². The fourth-order valence-electron chi connectivity index (χ4n) is 2.57. The van der Waals surface area contributed by atoms with E-state index >= 15 is 0 Å². The van der Waals surface area contributed by atoms with Crippen LogP contribution in [0.5, 0.6) is 5.88 Å². The molecule has 23 heavy (non-hydrogen) atoms. The van der Waals surface area contributed by atoms with Gasteiger partial charge in [0, 0.05) is 16.0 Å². The molecule has 0 spiro atoms. The second kappa shape index (κ2) is 5.85. The van der Waals surface area contributed by atoms with Crippen molar-refractivity contribution in [1.29, 1.82) is 0 Å². The first-order chi connectivity index (χ1) is 11.8. The van der Waals surface area contributed by atoms with Crippen molar-refractivity contribution in [3.8, 4) is 16.3 Å². The van der Waals surface area contributed by atoms with Gasteiger partial charge in [0.2, 0.25) is 5.88 Å². The van der Waals surface area contributed by atoms with E-state index in [4.69, 9.17) is 6.11 Å². The first kappa shape index (κ1) is 12.8. The van der Waals surface area contributed by atoms with Gasteiger partial charge in [-0.1, -0.05) is 30.3 Å². The molecular formula is C18H15N3OS. The van der Waals surface area contributed by atoms with E-state index in [-0.39, 0.29) is 0 Å². The number of rotatable bonds is 4. The van der Waals surface area contributed by atoms with Gasteiger partial charge in [-0.3, -0.25) is 4.68 Å². The number of thiophene rings is 1. The lowest BCUT2D eigenvalue weighted by Crippen LogP contribution is -1.99. The SMILES string of the molecule is [2H]c1cnc(OC)c2cnn(Cc3ccc(-c4ccccc4)s3)c12. The van der Waals surface area contributed by atoms with Crippen LogP contribution < -0.4 is 4.74 Å². The van der Waals surface area contributed by atoms with Crippen molar-refractivity contribution in [1.82, 2.24) is 14.8 Å². The molecule has 114 valence electrons. The van der Waals surface area contributed by atoms with Gasteiger partial charge >= 0.3 is 0 Å². The topological polar surface area (TPSA) is 39.9 Å². The summed E-state index contributed by atoms with van der Waals surface area (Å²) in [6.45, 7) is 0.625. The Bertz CT molecular complexity index is 994. The number of ether oxygens (including phenoxy) is 1. The number of nitrogens with zero attached hydrogens (tertiary/aromatic N) is 3. The zero-order valence-electron chi connectivity index (χ0n) is 13.6. The zero-order chi connectivity index (χ0) is 16.5. The van der Waals surface area contributed by atoms with Crippen LogP contribution in [0.4, 0.5) is 0 Å². The summed E-state index contributed by atoms with van der Waals surface area (Å²) in [7, 11) is 1.58. The second-order valence-corrected chi connectivity index (χ2v) is 6.28. The molecule has 0 saturated heterocycles. The van der Waals surface area contributed by atoms with E-state index in [1.807, 2.05) is 22.9 Å². The molecule has 0 N–H and O–H groups in total. The lowest BCUT2D eigenvalue weighted by atomic mass is 10.2. The Hall–Kier alpha value is -2.66. The summed E-state index contributed by atoms with van der Waals surface area (Å²) in [6.07, 6.45) is 3.22. The van der Waals surface area contributed by atoms with Crippen LogP contribution in [0.25, 0.3) is 21.3 Å². The Morgan fingerprint density at radius 1 is 1.22 bits per heavy atom.